The molecule has 2 aromatic rings. The summed E-state index contributed by atoms with van der Waals surface area (Å²) in [6, 6.07) is 2.55. The van der Waals surface area contributed by atoms with Crippen molar-refractivity contribution >= 4 is 22.6 Å². The number of aromatic nitrogens is 2. The third kappa shape index (κ3) is 2.72. The number of methoxy groups -OCH3 is 1. The second-order valence-electron chi connectivity index (χ2n) is 4.35. The molecule has 104 valence electrons. The van der Waals surface area contributed by atoms with E-state index < -0.39 is 11.6 Å². The Balaban J connectivity index is 2.60. The van der Waals surface area contributed by atoms with Crippen LogP contribution in [0.4, 0.5) is 8.78 Å². The van der Waals surface area contributed by atoms with Crippen molar-refractivity contribution in [3.8, 4) is 0 Å². The first kappa shape index (κ1) is 14.2. The van der Waals surface area contributed by atoms with Gasteiger partial charge in [-0.3, -0.25) is 0 Å². The maximum Gasteiger partial charge on any atom is 0.184 e. The molecule has 0 saturated carbocycles. The standard InChI is InChI=1S/C13H15ClF2N2O/c1-8(19-2)7-18-11(5-6-14)17-10-4-3-9(15)12(16)13(10)18/h3-4,8H,5-7H2,1-2H3. The molecule has 0 bridgehead atoms. The number of imidazole rings is 1. The first-order valence-corrected chi connectivity index (χ1v) is 6.53. The van der Waals surface area contributed by atoms with E-state index in [0.29, 0.717) is 30.2 Å². The first-order valence-electron chi connectivity index (χ1n) is 6.00. The highest BCUT2D eigenvalue weighted by Crippen LogP contribution is 2.23. The monoisotopic (exact) mass is 288 g/mol. The van der Waals surface area contributed by atoms with E-state index in [0.717, 1.165) is 6.07 Å². The maximum absolute atomic E-state index is 14.0. The molecule has 0 aliphatic heterocycles. The van der Waals surface area contributed by atoms with Crippen molar-refractivity contribution < 1.29 is 13.5 Å². The highest BCUT2D eigenvalue weighted by Gasteiger charge is 2.18. The van der Waals surface area contributed by atoms with Crippen LogP contribution in [0.5, 0.6) is 0 Å². The summed E-state index contributed by atoms with van der Waals surface area (Å²) in [5.41, 5.74) is 0.603. The molecule has 3 nitrogen and oxygen atoms in total. The Kier molecular flexibility index (Phi) is 4.37. The molecule has 0 amide bonds. The molecule has 0 radical (unpaired) electrons. The summed E-state index contributed by atoms with van der Waals surface area (Å²) in [5, 5.41) is 0. The van der Waals surface area contributed by atoms with Crippen molar-refractivity contribution in [3.63, 3.8) is 0 Å². The fourth-order valence-corrected chi connectivity index (χ4v) is 2.18. The van der Waals surface area contributed by atoms with Gasteiger partial charge in [0.05, 0.1) is 18.2 Å². The van der Waals surface area contributed by atoms with Crippen LogP contribution in [0.15, 0.2) is 12.1 Å². The largest absolute Gasteiger partial charge is 0.380 e. The Morgan fingerprint density at radius 1 is 1.42 bits per heavy atom. The second-order valence-corrected chi connectivity index (χ2v) is 4.73. The van der Waals surface area contributed by atoms with Gasteiger partial charge in [0.1, 0.15) is 11.3 Å². The van der Waals surface area contributed by atoms with Crippen molar-refractivity contribution in [2.75, 3.05) is 13.0 Å². The molecule has 19 heavy (non-hydrogen) atoms. The Bertz CT molecular complexity index is 586. The fourth-order valence-electron chi connectivity index (χ4n) is 2.01. The molecular weight excluding hydrogens is 274 g/mol. The number of alkyl halides is 1. The summed E-state index contributed by atoms with van der Waals surface area (Å²) < 4.78 is 34.1. The van der Waals surface area contributed by atoms with Crippen LogP contribution in [0.2, 0.25) is 0 Å². The van der Waals surface area contributed by atoms with E-state index in [1.54, 1.807) is 11.7 Å². The number of halogens is 3. The van der Waals surface area contributed by atoms with Crippen LogP contribution in [0, 0.1) is 11.6 Å². The fraction of sp³-hybridized carbons (Fsp3) is 0.462. The number of benzene rings is 1. The van der Waals surface area contributed by atoms with E-state index in [1.165, 1.54) is 6.07 Å². The SMILES string of the molecule is COC(C)Cn1c(CCCl)nc2ccc(F)c(F)c21. The molecule has 1 aromatic heterocycles. The zero-order valence-electron chi connectivity index (χ0n) is 10.8. The van der Waals surface area contributed by atoms with E-state index in [2.05, 4.69) is 4.98 Å². The Labute approximate surface area is 115 Å². The van der Waals surface area contributed by atoms with Gasteiger partial charge >= 0.3 is 0 Å². The summed E-state index contributed by atoms with van der Waals surface area (Å²) in [5.74, 6) is -0.752. The van der Waals surface area contributed by atoms with Crippen LogP contribution >= 0.6 is 11.6 Å². The van der Waals surface area contributed by atoms with E-state index in [-0.39, 0.29) is 11.6 Å². The van der Waals surface area contributed by atoms with Crippen LogP contribution in [0.1, 0.15) is 12.7 Å². The third-order valence-corrected chi connectivity index (χ3v) is 3.23. The number of ether oxygens (including phenoxy) is 1. The van der Waals surface area contributed by atoms with Gasteiger partial charge in [-0.1, -0.05) is 0 Å². The lowest BCUT2D eigenvalue weighted by Crippen LogP contribution is -2.17. The summed E-state index contributed by atoms with van der Waals surface area (Å²) >= 11 is 5.72. The third-order valence-electron chi connectivity index (χ3n) is 3.04. The number of rotatable bonds is 5. The molecule has 1 heterocycles. The Hall–Kier alpha value is -1.20. The predicted molar refractivity (Wildman–Crippen MR) is 70.5 cm³/mol. The Morgan fingerprint density at radius 2 is 2.16 bits per heavy atom. The van der Waals surface area contributed by atoms with Crippen LogP contribution in [-0.2, 0) is 17.7 Å². The molecule has 0 fully saturated rings. The molecule has 1 aromatic carbocycles. The van der Waals surface area contributed by atoms with E-state index >= 15 is 0 Å². The topological polar surface area (TPSA) is 27.1 Å². The minimum Gasteiger partial charge on any atom is -0.380 e. The molecule has 0 N–H and O–H groups in total. The summed E-state index contributed by atoms with van der Waals surface area (Å²) in [6.45, 7) is 2.26. The molecule has 0 aliphatic rings. The number of hydrogen-bond donors (Lipinski definition) is 0. The number of nitrogens with zero attached hydrogens (tertiary/aromatic N) is 2. The average Bonchev–Trinajstić information content (AvgIpc) is 2.73. The molecule has 0 spiro atoms. The minimum absolute atomic E-state index is 0.130. The van der Waals surface area contributed by atoms with Crippen LogP contribution < -0.4 is 0 Å². The van der Waals surface area contributed by atoms with Crippen LogP contribution in [0.3, 0.4) is 0 Å². The minimum atomic E-state index is -0.880. The van der Waals surface area contributed by atoms with Gasteiger partial charge in [-0.25, -0.2) is 13.8 Å². The lowest BCUT2D eigenvalue weighted by Gasteiger charge is -2.14. The molecule has 2 rings (SSSR count). The molecular formula is C13H15ClF2N2O. The second kappa shape index (κ2) is 5.84. The molecule has 0 saturated heterocycles. The number of aryl methyl sites for hydroxylation is 1. The zero-order valence-corrected chi connectivity index (χ0v) is 11.5. The summed E-state index contributed by atoms with van der Waals surface area (Å²) in [7, 11) is 1.57. The zero-order chi connectivity index (χ0) is 14.0. The van der Waals surface area contributed by atoms with Gasteiger partial charge in [-0.15, -0.1) is 11.6 Å². The highest BCUT2D eigenvalue weighted by atomic mass is 35.5. The lowest BCUT2D eigenvalue weighted by atomic mass is 10.2. The van der Waals surface area contributed by atoms with Crippen molar-refractivity contribution in [1.29, 1.82) is 0 Å². The van der Waals surface area contributed by atoms with Crippen molar-refractivity contribution in [2.45, 2.75) is 26.0 Å². The Morgan fingerprint density at radius 3 is 2.79 bits per heavy atom. The molecule has 1 unspecified atom stereocenters. The number of hydrogen-bond acceptors (Lipinski definition) is 2. The predicted octanol–water partition coefficient (Wildman–Crippen LogP) is 3.13. The van der Waals surface area contributed by atoms with E-state index in [1.807, 2.05) is 6.92 Å². The van der Waals surface area contributed by atoms with Gasteiger partial charge in [-0.05, 0) is 19.1 Å². The van der Waals surface area contributed by atoms with Crippen molar-refractivity contribution in [2.24, 2.45) is 0 Å². The van der Waals surface area contributed by atoms with E-state index in [4.69, 9.17) is 16.3 Å². The van der Waals surface area contributed by atoms with Gasteiger partial charge in [0.25, 0.3) is 0 Å². The van der Waals surface area contributed by atoms with Gasteiger partial charge in [0.2, 0.25) is 0 Å². The van der Waals surface area contributed by atoms with Gasteiger partial charge in [-0.2, -0.15) is 0 Å². The van der Waals surface area contributed by atoms with Gasteiger partial charge in [0.15, 0.2) is 11.6 Å². The molecule has 1 atom stereocenters. The highest BCUT2D eigenvalue weighted by molar-refractivity contribution is 6.17. The lowest BCUT2D eigenvalue weighted by molar-refractivity contribution is 0.103. The van der Waals surface area contributed by atoms with Crippen LogP contribution in [-0.4, -0.2) is 28.6 Å². The smallest absolute Gasteiger partial charge is 0.184 e. The van der Waals surface area contributed by atoms with Crippen molar-refractivity contribution in [1.82, 2.24) is 9.55 Å². The summed E-state index contributed by atoms with van der Waals surface area (Å²) in [4.78, 5) is 4.31. The first-order chi connectivity index (χ1) is 9.08. The van der Waals surface area contributed by atoms with Crippen molar-refractivity contribution in [3.05, 3.63) is 29.6 Å². The molecule has 0 aliphatic carbocycles. The maximum atomic E-state index is 14.0. The summed E-state index contributed by atoms with van der Waals surface area (Å²) in [6.07, 6.45) is 0.363. The average molecular weight is 289 g/mol. The van der Waals surface area contributed by atoms with E-state index in [9.17, 15) is 8.78 Å². The van der Waals surface area contributed by atoms with Gasteiger partial charge < -0.3 is 9.30 Å². The van der Waals surface area contributed by atoms with Gasteiger partial charge in [0, 0.05) is 19.4 Å². The number of fused-ring (bicyclic) bond motifs is 1. The quantitative estimate of drug-likeness (QED) is 0.791. The normalized spacial score (nSPS) is 13.1. The molecule has 6 heteroatoms. The van der Waals surface area contributed by atoms with Crippen LogP contribution in [0.25, 0.3) is 11.0 Å².